The van der Waals surface area contributed by atoms with Gasteiger partial charge in [-0.05, 0) is 32.1 Å². The molecule has 4 heteroatoms. The largest absolute Gasteiger partial charge is 0.436 e. The molecule has 0 atom stereocenters. The molecule has 1 rings (SSSR count). The monoisotopic (exact) mass is 203 g/mol. The van der Waals surface area contributed by atoms with Gasteiger partial charge in [-0.1, -0.05) is 12.8 Å². The van der Waals surface area contributed by atoms with E-state index >= 15 is 0 Å². The van der Waals surface area contributed by atoms with Gasteiger partial charge in [0.25, 0.3) is 0 Å². The zero-order valence-electron chi connectivity index (χ0n) is 8.35. The summed E-state index contributed by atoms with van der Waals surface area (Å²) in [6.07, 6.45) is 3.86. The summed E-state index contributed by atoms with van der Waals surface area (Å²) in [5.74, 6) is 0. The van der Waals surface area contributed by atoms with Crippen LogP contribution in [0, 0.1) is 0 Å². The van der Waals surface area contributed by atoms with Crippen LogP contribution in [-0.4, -0.2) is 24.2 Å². The molecule has 0 aromatic heterocycles. The molecule has 0 spiro atoms. The fourth-order valence-corrected chi connectivity index (χ4v) is 6.86. The quantitative estimate of drug-likeness (QED) is 0.563. The van der Waals surface area contributed by atoms with Crippen LogP contribution in [0.15, 0.2) is 0 Å². The minimum atomic E-state index is -1.72. The summed E-state index contributed by atoms with van der Waals surface area (Å²) < 4.78 is 11.7. The van der Waals surface area contributed by atoms with Crippen LogP contribution in [0.1, 0.15) is 19.3 Å². The minimum absolute atomic E-state index is 0.545. The summed E-state index contributed by atoms with van der Waals surface area (Å²) >= 11 is 0. The van der Waals surface area contributed by atoms with E-state index in [4.69, 9.17) is 8.54 Å². The molecule has 12 heavy (non-hydrogen) atoms. The highest BCUT2D eigenvalue weighted by molar-refractivity contribution is 6.73. The van der Waals surface area contributed by atoms with Gasteiger partial charge in [-0.25, -0.2) is 0 Å². The van der Waals surface area contributed by atoms with E-state index in [0.717, 1.165) is 6.61 Å². The van der Waals surface area contributed by atoms with Crippen LogP contribution in [0.4, 0.5) is 0 Å². The fraction of sp³-hybridized carbons (Fsp3) is 1.00. The van der Waals surface area contributed by atoms with Crippen molar-refractivity contribution in [3.05, 3.63) is 0 Å². The van der Waals surface area contributed by atoms with Gasteiger partial charge in [-0.3, -0.25) is 0 Å². The van der Waals surface area contributed by atoms with Crippen molar-refractivity contribution >= 4 is 17.6 Å². The topological polar surface area (TPSA) is 18.5 Å². The lowest BCUT2D eigenvalue weighted by Crippen LogP contribution is -2.39. The molecule has 0 bridgehead atoms. The molecule has 0 unspecified atom stereocenters. The second-order valence-electron chi connectivity index (χ2n) is 3.86. The molecular formula is C8H19O2Si2. The van der Waals surface area contributed by atoms with Gasteiger partial charge in [0.2, 0.25) is 0 Å². The van der Waals surface area contributed by atoms with Crippen LogP contribution in [0.2, 0.25) is 25.7 Å². The Morgan fingerprint density at radius 2 is 1.92 bits per heavy atom. The number of hydrogen-bond acceptors (Lipinski definition) is 2. The lowest BCUT2D eigenvalue weighted by Gasteiger charge is -2.25. The van der Waals surface area contributed by atoms with Crippen LogP contribution in [-0.2, 0) is 8.54 Å². The molecule has 1 radical (unpaired) electrons. The number of hydrogen-bond donors (Lipinski definition) is 0. The van der Waals surface area contributed by atoms with E-state index in [1.807, 2.05) is 0 Å². The maximum absolute atomic E-state index is 5.98. The Morgan fingerprint density at radius 1 is 1.17 bits per heavy atom. The number of rotatable bonds is 0. The Hall–Kier alpha value is 0.354. The van der Waals surface area contributed by atoms with Gasteiger partial charge in [-0.2, -0.15) is 0 Å². The first-order chi connectivity index (χ1) is 5.60. The molecule has 0 aromatic rings. The van der Waals surface area contributed by atoms with Crippen molar-refractivity contribution < 1.29 is 8.54 Å². The molecular weight excluding hydrogens is 184 g/mol. The van der Waals surface area contributed by atoms with Crippen molar-refractivity contribution in [2.24, 2.45) is 0 Å². The highest BCUT2D eigenvalue weighted by Crippen LogP contribution is 2.16. The van der Waals surface area contributed by atoms with E-state index in [2.05, 4.69) is 19.6 Å². The predicted molar refractivity (Wildman–Crippen MR) is 54.8 cm³/mol. The molecule has 71 valence electrons. The van der Waals surface area contributed by atoms with Gasteiger partial charge >= 0.3 is 8.56 Å². The van der Waals surface area contributed by atoms with E-state index in [1.165, 1.54) is 25.3 Å². The average molecular weight is 203 g/mol. The molecule has 1 aliphatic rings. The molecule has 1 saturated heterocycles. The standard InChI is InChI=1S/C8H19O2Si2/c1-11-8-6-4-5-7-9-12(2,3)10-11/h4-8H2,1-3H3. The molecule has 0 amide bonds. The molecule has 1 heterocycles. The maximum atomic E-state index is 5.98. The van der Waals surface area contributed by atoms with Gasteiger partial charge in [0.05, 0.1) is 0 Å². The van der Waals surface area contributed by atoms with Crippen LogP contribution >= 0.6 is 0 Å². The summed E-state index contributed by atoms with van der Waals surface area (Å²) in [5, 5.41) is 0. The van der Waals surface area contributed by atoms with Crippen molar-refractivity contribution in [2.75, 3.05) is 6.61 Å². The summed E-state index contributed by atoms with van der Waals surface area (Å²) in [5.41, 5.74) is 0. The summed E-state index contributed by atoms with van der Waals surface area (Å²) in [6.45, 7) is 7.49. The lowest BCUT2D eigenvalue weighted by atomic mass is 10.3. The van der Waals surface area contributed by atoms with E-state index in [9.17, 15) is 0 Å². The average Bonchev–Trinajstić information content (AvgIpc) is 1.99. The highest BCUT2D eigenvalue weighted by atomic mass is 28.4. The smallest absolute Gasteiger partial charge is 0.321 e. The predicted octanol–water partition coefficient (Wildman–Crippen LogP) is 2.53. The molecule has 0 saturated carbocycles. The summed E-state index contributed by atoms with van der Waals surface area (Å²) in [7, 11) is -2.27. The van der Waals surface area contributed by atoms with Crippen LogP contribution in [0.5, 0.6) is 0 Å². The molecule has 2 nitrogen and oxygen atoms in total. The zero-order valence-corrected chi connectivity index (χ0v) is 10.4. The third kappa shape index (κ3) is 3.84. The third-order valence-corrected chi connectivity index (χ3v) is 7.36. The Balaban J connectivity index is 2.44. The molecule has 1 aliphatic heterocycles. The SMILES string of the molecule is C[Si]1CCCCCO[Si](C)(C)O1. The van der Waals surface area contributed by atoms with Crippen molar-refractivity contribution in [2.45, 2.75) is 44.9 Å². The van der Waals surface area contributed by atoms with E-state index in [1.54, 1.807) is 0 Å². The van der Waals surface area contributed by atoms with Crippen LogP contribution in [0.3, 0.4) is 0 Å². The third-order valence-electron chi connectivity index (χ3n) is 2.04. The molecule has 0 aliphatic carbocycles. The van der Waals surface area contributed by atoms with Gasteiger partial charge in [0.1, 0.15) is 0 Å². The van der Waals surface area contributed by atoms with E-state index in [-0.39, 0.29) is 0 Å². The first kappa shape index (κ1) is 10.4. The summed E-state index contributed by atoms with van der Waals surface area (Å²) in [4.78, 5) is 0. The van der Waals surface area contributed by atoms with Crippen LogP contribution in [0.25, 0.3) is 0 Å². The minimum Gasteiger partial charge on any atom is -0.436 e. The summed E-state index contributed by atoms with van der Waals surface area (Å²) in [6, 6.07) is 1.30. The molecule has 0 aromatic carbocycles. The lowest BCUT2D eigenvalue weighted by molar-refractivity contribution is 0.247. The van der Waals surface area contributed by atoms with Crippen molar-refractivity contribution in [1.29, 1.82) is 0 Å². The van der Waals surface area contributed by atoms with Crippen molar-refractivity contribution in [3.63, 3.8) is 0 Å². The van der Waals surface area contributed by atoms with Gasteiger partial charge < -0.3 is 8.54 Å². The van der Waals surface area contributed by atoms with Crippen molar-refractivity contribution in [3.8, 4) is 0 Å². The second-order valence-corrected chi connectivity index (χ2v) is 9.67. The fourth-order valence-electron chi connectivity index (χ4n) is 1.47. The van der Waals surface area contributed by atoms with E-state index < -0.39 is 17.6 Å². The first-order valence-electron chi connectivity index (χ1n) is 4.75. The second kappa shape index (κ2) is 4.55. The Kier molecular flexibility index (Phi) is 3.96. The zero-order chi connectivity index (χ0) is 9.03. The molecule has 1 fully saturated rings. The first-order valence-corrected chi connectivity index (χ1v) is 9.69. The Labute approximate surface area is 78.2 Å². The maximum Gasteiger partial charge on any atom is 0.321 e. The highest BCUT2D eigenvalue weighted by Gasteiger charge is 2.28. The van der Waals surface area contributed by atoms with Gasteiger partial charge in [0, 0.05) is 6.61 Å². The van der Waals surface area contributed by atoms with Crippen molar-refractivity contribution in [1.82, 2.24) is 0 Å². The van der Waals surface area contributed by atoms with Gasteiger partial charge in [0.15, 0.2) is 9.04 Å². The Bertz CT molecular complexity index is 139. The normalized spacial score (nSPS) is 27.2. The van der Waals surface area contributed by atoms with Gasteiger partial charge in [-0.15, -0.1) is 0 Å². The van der Waals surface area contributed by atoms with Crippen LogP contribution < -0.4 is 0 Å². The Morgan fingerprint density at radius 3 is 2.67 bits per heavy atom. The van der Waals surface area contributed by atoms with E-state index in [0.29, 0.717) is 0 Å². The molecule has 0 N–H and O–H groups in total.